The second-order valence-electron chi connectivity index (χ2n) is 4.30. The summed E-state index contributed by atoms with van der Waals surface area (Å²) in [6.45, 7) is 3.35. The molecule has 1 fully saturated rings. The van der Waals surface area contributed by atoms with E-state index < -0.39 is 0 Å². The van der Waals surface area contributed by atoms with Gasteiger partial charge in [-0.2, -0.15) is 0 Å². The van der Waals surface area contributed by atoms with Crippen LogP contribution in [0.4, 0.5) is 0 Å². The maximum absolute atomic E-state index is 9.42. The standard InChI is InChI=1S/C13H18O3/c1-10-6-11(14)8-13(7-10)16-9-12-4-2-3-5-15-12/h6-8,12,14H,2-5,9H2,1H3. The third-order valence-electron chi connectivity index (χ3n) is 2.75. The lowest BCUT2D eigenvalue weighted by molar-refractivity contribution is -0.0111. The monoisotopic (exact) mass is 222 g/mol. The Morgan fingerprint density at radius 3 is 2.94 bits per heavy atom. The predicted octanol–water partition coefficient (Wildman–Crippen LogP) is 2.65. The molecule has 1 saturated heterocycles. The Balaban J connectivity index is 1.88. The highest BCUT2D eigenvalue weighted by Gasteiger charge is 2.14. The lowest BCUT2D eigenvalue weighted by Crippen LogP contribution is -2.25. The molecule has 0 bridgehead atoms. The van der Waals surface area contributed by atoms with Gasteiger partial charge in [-0.15, -0.1) is 0 Å². The summed E-state index contributed by atoms with van der Waals surface area (Å²) in [5.41, 5.74) is 1.000. The van der Waals surface area contributed by atoms with Gasteiger partial charge < -0.3 is 14.6 Å². The van der Waals surface area contributed by atoms with Crippen molar-refractivity contribution in [2.24, 2.45) is 0 Å². The fraction of sp³-hybridized carbons (Fsp3) is 0.538. The van der Waals surface area contributed by atoms with Gasteiger partial charge >= 0.3 is 0 Å². The van der Waals surface area contributed by atoms with Crippen molar-refractivity contribution in [2.45, 2.75) is 32.3 Å². The number of aromatic hydroxyl groups is 1. The van der Waals surface area contributed by atoms with Crippen LogP contribution in [-0.2, 0) is 4.74 Å². The lowest BCUT2D eigenvalue weighted by atomic mass is 10.1. The van der Waals surface area contributed by atoms with Crippen LogP contribution in [0.1, 0.15) is 24.8 Å². The molecule has 1 atom stereocenters. The molecule has 0 radical (unpaired) electrons. The third-order valence-corrected chi connectivity index (χ3v) is 2.75. The van der Waals surface area contributed by atoms with Crippen molar-refractivity contribution in [1.82, 2.24) is 0 Å². The zero-order valence-electron chi connectivity index (χ0n) is 9.61. The van der Waals surface area contributed by atoms with Crippen molar-refractivity contribution in [3.05, 3.63) is 23.8 Å². The highest BCUT2D eigenvalue weighted by molar-refractivity contribution is 5.36. The first-order chi connectivity index (χ1) is 7.74. The van der Waals surface area contributed by atoms with Gasteiger partial charge in [0.15, 0.2) is 0 Å². The van der Waals surface area contributed by atoms with Crippen LogP contribution >= 0.6 is 0 Å². The molecule has 3 heteroatoms. The minimum absolute atomic E-state index is 0.205. The van der Waals surface area contributed by atoms with E-state index in [9.17, 15) is 5.11 Å². The van der Waals surface area contributed by atoms with E-state index in [0.717, 1.165) is 25.0 Å². The number of hydrogen-bond donors (Lipinski definition) is 1. The van der Waals surface area contributed by atoms with Crippen LogP contribution in [0.3, 0.4) is 0 Å². The van der Waals surface area contributed by atoms with E-state index in [2.05, 4.69) is 0 Å². The molecule has 1 aliphatic rings. The minimum Gasteiger partial charge on any atom is -0.508 e. The van der Waals surface area contributed by atoms with Gasteiger partial charge in [0.2, 0.25) is 0 Å². The second-order valence-corrected chi connectivity index (χ2v) is 4.30. The van der Waals surface area contributed by atoms with Crippen LogP contribution in [0.25, 0.3) is 0 Å². The molecule has 1 aromatic rings. The normalized spacial score (nSPS) is 20.7. The molecule has 3 nitrogen and oxygen atoms in total. The van der Waals surface area contributed by atoms with Gasteiger partial charge in [0.1, 0.15) is 18.1 Å². The smallest absolute Gasteiger partial charge is 0.123 e. The number of ether oxygens (including phenoxy) is 2. The van der Waals surface area contributed by atoms with Gasteiger partial charge in [0.05, 0.1) is 6.10 Å². The highest BCUT2D eigenvalue weighted by Crippen LogP contribution is 2.22. The summed E-state index contributed by atoms with van der Waals surface area (Å²) in [6, 6.07) is 5.27. The molecule has 1 heterocycles. The van der Waals surface area contributed by atoms with Crippen molar-refractivity contribution < 1.29 is 14.6 Å². The summed E-state index contributed by atoms with van der Waals surface area (Å²) in [4.78, 5) is 0. The molecule has 16 heavy (non-hydrogen) atoms. The quantitative estimate of drug-likeness (QED) is 0.854. The van der Waals surface area contributed by atoms with Crippen molar-refractivity contribution in [1.29, 1.82) is 0 Å². The van der Waals surface area contributed by atoms with Gasteiger partial charge in [-0.25, -0.2) is 0 Å². The van der Waals surface area contributed by atoms with Crippen molar-refractivity contribution in [3.8, 4) is 11.5 Å². The summed E-state index contributed by atoms with van der Waals surface area (Å²) in [5, 5.41) is 9.42. The molecule has 0 aliphatic carbocycles. The number of phenolic OH excluding ortho intramolecular Hbond substituents is 1. The van der Waals surface area contributed by atoms with Gasteiger partial charge in [0, 0.05) is 12.7 Å². The van der Waals surface area contributed by atoms with Gasteiger partial charge in [-0.1, -0.05) is 0 Å². The SMILES string of the molecule is Cc1cc(O)cc(OCC2CCCCO2)c1. The summed E-state index contributed by atoms with van der Waals surface area (Å²) in [6.07, 6.45) is 3.64. The highest BCUT2D eigenvalue weighted by atomic mass is 16.5. The van der Waals surface area contributed by atoms with Crippen LogP contribution in [0, 0.1) is 6.92 Å². The fourth-order valence-electron chi connectivity index (χ4n) is 1.94. The first-order valence-electron chi connectivity index (χ1n) is 5.79. The van der Waals surface area contributed by atoms with E-state index in [1.807, 2.05) is 13.0 Å². The largest absolute Gasteiger partial charge is 0.508 e. The van der Waals surface area contributed by atoms with Crippen molar-refractivity contribution in [2.75, 3.05) is 13.2 Å². The lowest BCUT2D eigenvalue weighted by Gasteiger charge is -2.22. The Hall–Kier alpha value is -1.22. The number of hydrogen-bond acceptors (Lipinski definition) is 3. The first-order valence-corrected chi connectivity index (χ1v) is 5.79. The van der Waals surface area contributed by atoms with Crippen LogP contribution in [0.5, 0.6) is 11.5 Å². The summed E-state index contributed by atoms with van der Waals surface area (Å²) in [7, 11) is 0. The Morgan fingerprint density at radius 2 is 2.25 bits per heavy atom. The average Bonchev–Trinajstić information content (AvgIpc) is 2.27. The van der Waals surface area contributed by atoms with E-state index in [0.29, 0.717) is 12.4 Å². The van der Waals surface area contributed by atoms with E-state index in [4.69, 9.17) is 9.47 Å². The van der Waals surface area contributed by atoms with Crippen LogP contribution in [-0.4, -0.2) is 24.4 Å². The third kappa shape index (κ3) is 3.14. The second kappa shape index (κ2) is 5.21. The van der Waals surface area contributed by atoms with Gasteiger partial charge in [0.25, 0.3) is 0 Å². The maximum Gasteiger partial charge on any atom is 0.123 e. The predicted molar refractivity (Wildman–Crippen MR) is 61.9 cm³/mol. The zero-order chi connectivity index (χ0) is 11.4. The van der Waals surface area contributed by atoms with E-state index in [-0.39, 0.29) is 11.9 Å². The first kappa shape index (κ1) is 11.3. The molecule has 0 spiro atoms. The molecule has 1 N–H and O–H groups in total. The number of rotatable bonds is 3. The van der Waals surface area contributed by atoms with Crippen molar-refractivity contribution >= 4 is 0 Å². The van der Waals surface area contributed by atoms with Crippen LogP contribution < -0.4 is 4.74 Å². The molecule has 2 rings (SSSR count). The van der Waals surface area contributed by atoms with Crippen molar-refractivity contribution in [3.63, 3.8) is 0 Å². The summed E-state index contributed by atoms with van der Waals surface area (Å²) < 4.78 is 11.2. The molecule has 1 unspecified atom stereocenters. The average molecular weight is 222 g/mol. The molecule has 88 valence electrons. The number of phenols is 1. The molecular formula is C13H18O3. The molecule has 0 amide bonds. The summed E-state index contributed by atoms with van der Waals surface area (Å²) >= 11 is 0. The minimum atomic E-state index is 0.205. The van der Waals surface area contributed by atoms with E-state index in [1.165, 1.54) is 6.42 Å². The Kier molecular flexibility index (Phi) is 3.67. The topological polar surface area (TPSA) is 38.7 Å². The fourth-order valence-corrected chi connectivity index (χ4v) is 1.94. The zero-order valence-corrected chi connectivity index (χ0v) is 9.61. The van der Waals surface area contributed by atoms with Gasteiger partial charge in [-0.05, 0) is 43.9 Å². The van der Waals surface area contributed by atoms with E-state index in [1.54, 1.807) is 12.1 Å². The number of benzene rings is 1. The Morgan fingerprint density at radius 1 is 1.38 bits per heavy atom. The van der Waals surface area contributed by atoms with Crippen LogP contribution in [0.2, 0.25) is 0 Å². The molecule has 1 aromatic carbocycles. The molecule has 1 aliphatic heterocycles. The van der Waals surface area contributed by atoms with Gasteiger partial charge in [-0.3, -0.25) is 0 Å². The molecule has 0 aromatic heterocycles. The molecular weight excluding hydrogens is 204 g/mol. The number of aryl methyl sites for hydroxylation is 1. The Bertz CT molecular complexity index is 323. The van der Waals surface area contributed by atoms with Crippen LogP contribution in [0.15, 0.2) is 18.2 Å². The molecule has 0 saturated carbocycles. The summed E-state index contributed by atoms with van der Waals surface area (Å²) in [5.74, 6) is 0.964. The van der Waals surface area contributed by atoms with E-state index >= 15 is 0 Å². The maximum atomic E-state index is 9.42. The Labute approximate surface area is 96.0 Å².